The van der Waals surface area contributed by atoms with Crippen molar-refractivity contribution >= 4 is 0 Å². The minimum atomic E-state index is 0.0853. The predicted octanol–water partition coefficient (Wildman–Crippen LogP) is 4.48. The predicted molar refractivity (Wildman–Crippen MR) is 92.6 cm³/mol. The van der Waals surface area contributed by atoms with Crippen LogP contribution in [0.4, 0.5) is 0 Å². The van der Waals surface area contributed by atoms with Gasteiger partial charge in [0, 0.05) is 6.61 Å². The second-order valence-electron chi connectivity index (χ2n) is 8.25. The van der Waals surface area contributed by atoms with Crippen molar-refractivity contribution < 1.29 is 10.2 Å². The summed E-state index contributed by atoms with van der Waals surface area (Å²) in [6.07, 6.45) is 10.0. The highest BCUT2D eigenvalue weighted by Crippen LogP contribution is 2.61. The third kappa shape index (κ3) is 3.19. The van der Waals surface area contributed by atoms with Crippen molar-refractivity contribution in [3.05, 3.63) is 23.8 Å². The summed E-state index contributed by atoms with van der Waals surface area (Å²) in [6, 6.07) is 0. The first kappa shape index (κ1) is 17.7. The van der Waals surface area contributed by atoms with Gasteiger partial charge in [-0.05, 0) is 68.1 Å². The second kappa shape index (κ2) is 6.88. The number of aliphatic hydroxyl groups excluding tert-OH is 2. The fourth-order valence-electron chi connectivity index (χ4n) is 5.44. The second-order valence-corrected chi connectivity index (χ2v) is 8.25. The molecule has 2 saturated carbocycles. The topological polar surface area (TPSA) is 40.5 Å². The molecule has 2 nitrogen and oxygen atoms in total. The van der Waals surface area contributed by atoms with Gasteiger partial charge in [-0.15, -0.1) is 0 Å². The number of allylic oxidation sites excluding steroid dienone is 2. The molecule has 2 fully saturated rings. The van der Waals surface area contributed by atoms with Crippen molar-refractivity contribution in [2.75, 3.05) is 13.2 Å². The van der Waals surface area contributed by atoms with E-state index in [4.69, 9.17) is 5.11 Å². The van der Waals surface area contributed by atoms with E-state index >= 15 is 0 Å². The number of fused-ring (bicyclic) bond motifs is 1. The van der Waals surface area contributed by atoms with Gasteiger partial charge in [-0.25, -0.2) is 0 Å². The smallest absolute Gasteiger partial charge is 0.0614 e. The Morgan fingerprint density at radius 2 is 2.05 bits per heavy atom. The number of rotatable bonds is 5. The minimum Gasteiger partial charge on any atom is -0.396 e. The summed E-state index contributed by atoms with van der Waals surface area (Å²) < 4.78 is 0. The molecule has 2 rings (SSSR count). The van der Waals surface area contributed by atoms with E-state index in [1.807, 2.05) is 6.08 Å². The summed E-state index contributed by atoms with van der Waals surface area (Å²) in [5.41, 5.74) is 3.06. The average Bonchev–Trinajstić information content (AvgIpc) is 2.46. The van der Waals surface area contributed by atoms with E-state index in [1.54, 1.807) is 0 Å². The fourth-order valence-corrected chi connectivity index (χ4v) is 5.44. The molecule has 2 heteroatoms. The van der Waals surface area contributed by atoms with Gasteiger partial charge in [-0.3, -0.25) is 0 Å². The van der Waals surface area contributed by atoms with Gasteiger partial charge >= 0.3 is 0 Å². The van der Waals surface area contributed by atoms with Crippen molar-refractivity contribution in [2.45, 2.75) is 65.7 Å². The van der Waals surface area contributed by atoms with Gasteiger partial charge in [0.15, 0.2) is 0 Å². The third-order valence-electron chi connectivity index (χ3n) is 6.77. The summed E-state index contributed by atoms with van der Waals surface area (Å²) in [6.45, 7) is 11.7. The van der Waals surface area contributed by atoms with E-state index in [-0.39, 0.29) is 17.4 Å². The van der Waals surface area contributed by atoms with Crippen LogP contribution in [0.25, 0.3) is 0 Å². The lowest BCUT2D eigenvalue weighted by atomic mass is 9.47. The largest absolute Gasteiger partial charge is 0.396 e. The number of hydrogen-bond donors (Lipinski definition) is 2. The van der Waals surface area contributed by atoms with Crippen molar-refractivity contribution in [3.8, 4) is 0 Å². The van der Waals surface area contributed by atoms with Gasteiger partial charge in [-0.1, -0.05) is 44.1 Å². The molecule has 2 aliphatic rings. The Morgan fingerprint density at radius 1 is 1.32 bits per heavy atom. The van der Waals surface area contributed by atoms with Crippen LogP contribution in [0.1, 0.15) is 65.7 Å². The van der Waals surface area contributed by atoms with Gasteiger partial charge in [0.25, 0.3) is 0 Å². The lowest BCUT2D eigenvalue weighted by Gasteiger charge is -2.58. The summed E-state index contributed by atoms with van der Waals surface area (Å²) in [7, 11) is 0. The molecule has 0 unspecified atom stereocenters. The molecule has 4 atom stereocenters. The highest BCUT2D eigenvalue weighted by Gasteiger charge is 2.53. The highest BCUT2D eigenvalue weighted by molar-refractivity contribution is 5.17. The van der Waals surface area contributed by atoms with Crippen LogP contribution in [0.2, 0.25) is 0 Å². The Morgan fingerprint density at radius 3 is 2.68 bits per heavy atom. The minimum absolute atomic E-state index is 0.0853. The molecule has 126 valence electrons. The van der Waals surface area contributed by atoms with E-state index in [2.05, 4.69) is 27.4 Å². The van der Waals surface area contributed by atoms with Gasteiger partial charge in [0.1, 0.15) is 0 Å². The Kier molecular flexibility index (Phi) is 5.55. The molecule has 0 saturated heterocycles. The highest BCUT2D eigenvalue weighted by atomic mass is 16.3. The van der Waals surface area contributed by atoms with Crippen LogP contribution in [0.15, 0.2) is 23.8 Å². The third-order valence-corrected chi connectivity index (χ3v) is 6.77. The first-order valence-corrected chi connectivity index (χ1v) is 8.92. The van der Waals surface area contributed by atoms with E-state index in [1.165, 1.54) is 30.4 Å². The maximum Gasteiger partial charge on any atom is 0.0614 e. The van der Waals surface area contributed by atoms with E-state index < -0.39 is 0 Å². The molecule has 0 heterocycles. The van der Waals surface area contributed by atoms with Crippen LogP contribution in [0.3, 0.4) is 0 Å². The monoisotopic (exact) mass is 306 g/mol. The van der Waals surface area contributed by atoms with Crippen molar-refractivity contribution in [1.29, 1.82) is 0 Å². The van der Waals surface area contributed by atoms with Crippen LogP contribution in [0, 0.1) is 22.7 Å². The molecule has 22 heavy (non-hydrogen) atoms. The quantitative estimate of drug-likeness (QED) is 0.735. The molecule has 0 aromatic rings. The summed E-state index contributed by atoms with van der Waals surface area (Å²) in [5, 5.41) is 19.0. The van der Waals surface area contributed by atoms with Crippen molar-refractivity contribution in [2.24, 2.45) is 22.7 Å². The van der Waals surface area contributed by atoms with Crippen LogP contribution in [-0.2, 0) is 0 Å². The van der Waals surface area contributed by atoms with Crippen LogP contribution < -0.4 is 0 Å². The zero-order valence-electron chi connectivity index (χ0n) is 14.7. The summed E-state index contributed by atoms with van der Waals surface area (Å²) in [4.78, 5) is 0. The zero-order valence-corrected chi connectivity index (χ0v) is 14.7. The molecule has 0 aromatic carbocycles. The molecule has 0 bridgehead atoms. The molecule has 0 aliphatic heterocycles. The Bertz CT molecular complexity index is 439. The SMILES string of the molecule is C=C1CC[C@@H]2[C@](C)(CO)CCC[C@]2(C)[C@H]1CC/C(C)=C\CO. The number of hydrogen-bond acceptors (Lipinski definition) is 2. The molecule has 2 aliphatic carbocycles. The van der Waals surface area contributed by atoms with E-state index in [0.717, 1.165) is 25.7 Å². The normalized spacial score (nSPS) is 39.7. The lowest BCUT2D eigenvalue weighted by Crippen LogP contribution is -2.51. The Balaban J connectivity index is 2.20. The molecule has 0 radical (unpaired) electrons. The van der Waals surface area contributed by atoms with Gasteiger partial charge in [-0.2, -0.15) is 0 Å². The molecule has 0 amide bonds. The molecular formula is C20H34O2. The van der Waals surface area contributed by atoms with E-state index in [9.17, 15) is 5.11 Å². The maximum atomic E-state index is 9.98. The summed E-state index contributed by atoms with van der Waals surface area (Å²) in [5.74, 6) is 1.16. The number of aliphatic hydroxyl groups is 2. The first-order chi connectivity index (χ1) is 10.4. The Labute approximate surface area is 136 Å². The maximum absolute atomic E-state index is 9.98. The summed E-state index contributed by atoms with van der Waals surface area (Å²) >= 11 is 0. The molecular weight excluding hydrogens is 272 g/mol. The van der Waals surface area contributed by atoms with Crippen LogP contribution in [-0.4, -0.2) is 23.4 Å². The van der Waals surface area contributed by atoms with Gasteiger partial charge < -0.3 is 10.2 Å². The van der Waals surface area contributed by atoms with Crippen molar-refractivity contribution in [3.63, 3.8) is 0 Å². The average molecular weight is 306 g/mol. The molecule has 2 N–H and O–H groups in total. The van der Waals surface area contributed by atoms with E-state index in [0.29, 0.717) is 18.4 Å². The van der Waals surface area contributed by atoms with Gasteiger partial charge in [0.2, 0.25) is 0 Å². The fraction of sp³-hybridized carbons (Fsp3) is 0.800. The Hall–Kier alpha value is -0.600. The van der Waals surface area contributed by atoms with Crippen LogP contribution >= 0.6 is 0 Å². The lowest BCUT2D eigenvalue weighted by molar-refractivity contribution is -0.0858. The standard InChI is InChI=1S/C20H34O2/c1-15(10-13-21)6-8-17-16(2)7-9-18-19(3,14-22)11-5-12-20(17,18)4/h10,17-18,21-22H,2,5-9,11-14H2,1,3-4H3/b15-10-/t17-,18+,19-,20+/m0/s1. The van der Waals surface area contributed by atoms with Crippen molar-refractivity contribution in [1.82, 2.24) is 0 Å². The van der Waals surface area contributed by atoms with Crippen LogP contribution in [0.5, 0.6) is 0 Å². The van der Waals surface area contributed by atoms with Gasteiger partial charge in [0.05, 0.1) is 6.61 Å². The molecule has 0 aromatic heterocycles. The zero-order chi connectivity index (χ0) is 16.4. The molecule has 0 spiro atoms. The first-order valence-electron chi connectivity index (χ1n) is 8.92.